The molecular formula is C22H23N5O. The lowest BCUT2D eigenvalue weighted by molar-refractivity contribution is 0.202. The highest BCUT2D eigenvalue weighted by Gasteiger charge is 2.23. The molecule has 1 saturated heterocycles. The third kappa shape index (κ3) is 4.21. The topological polar surface area (TPSA) is 77.8 Å². The quantitative estimate of drug-likeness (QED) is 0.727. The van der Waals surface area contributed by atoms with Crippen molar-refractivity contribution in [2.75, 3.05) is 13.1 Å². The first-order valence-corrected chi connectivity index (χ1v) is 9.58. The molecular weight excluding hydrogens is 350 g/mol. The molecule has 1 aromatic heterocycles. The molecule has 3 aromatic rings. The van der Waals surface area contributed by atoms with Crippen LogP contribution in [0.3, 0.4) is 0 Å². The fraction of sp³-hybridized carbons (Fsp3) is 0.318. The molecule has 6 nitrogen and oxygen atoms in total. The summed E-state index contributed by atoms with van der Waals surface area (Å²) in [5.41, 5.74) is 1.80. The van der Waals surface area contributed by atoms with E-state index in [0.717, 1.165) is 49.9 Å². The Morgan fingerprint density at radius 1 is 1.14 bits per heavy atom. The number of aromatic nitrogens is 3. The van der Waals surface area contributed by atoms with E-state index in [-0.39, 0.29) is 0 Å². The first-order chi connectivity index (χ1) is 13.7. The van der Waals surface area contributed by atoms with Crippen molar-refractivity contribution < 1.29 is 4.74 Å². The Bertz CT molecular complexity index is 965. The Morgan fingerprint density at radius 2 is 1.89 bits per heavy atom. The van der Waals surface area contributed by atoms with Crippen LogP contribution < -0.4 is 4.74 Å². The van der Waals surface area contributed by atoms with Gasteiger partial charge >= 0.3 is 0 Å². The zero-order valence-electron chi connectivity index (χ0n) is 15.9. The molecule has 2 aromatic carbocycles. The molecule has 0 radical (unpaired) electrons. The highest BCUT2D eigenvalue weighted by Crippen LogP contribution is 2.28. The van der Waals surface area contributed by atoms with Gasteiger partial charge in [0, 0.05) is 12.5 Å². The SMILES string of the molecule is Cc1nc(C2CCN(Cc3ccc(Oc4ccccc4C#N)cc3)CC2)n[nH]1. The number of nitrogens with zero attached hydrogens (tertiary/aromatic N) is 4. The fourth-order valence-electron chi connectivity index (χ4n) is 3.59. The largest absolute Gasteiger partial charge is 0.456 e. The molecule has 28 heavy (non-hydrogen) atoms. The lowest BCUT2D eigenvalue weighted by Gasteiger charge is -2.30. The minimum absolute atomic E-state index is 0.456. The van der Waals surface area contributed by atoms with Gasteiger partial charge in [0.2, 0.25) is 0 Å². The van der Waals surface area contributed by atoms with E-state index in [9.17, 15) is 5.26 Å². The molecule has 142 valence electrons. The molecule has 1 aliphatic heterocycles. The lowest BCUT2D eigenvalue weighted by Crippen LogP contribution is -2.32. The van der Waals surface area contributed by atoms with Gasteiger partial charge < -0.3 is 4.74 Å². The van der Waals surface area contributed by atoms with Gasteiger partial charge in [-0.05, 0) is 62.7 Å². The van der Waals surface area contributed by atoms with Gasteiger partial charge in [-0.1, -0.05) is 24.3 Å². The van der Waals surface area contributed by atoms with E-state index in [1.165, 1.54) is 5.56 Å². The molecule has 0 aliphatic carbocycles. The number of ether oxygens (including phenoxy) is 1. The van der Waals surface area contributed by atoms with E-state index in [4.69, 9.17) is 4.74 Å². The number of H-pyrrole nitrogens is 1. The van der Waals surface area contributed by atoms with Crippen LogP contribution in [0.15, 0.2) is 48.5 Å². The summed E-state index contributed by atoms with van der Waals surface area (Å²) < 4.78 is 5.86. The van der Waals surface area contributed by atoms with Gasteiger partial charge in [0.1, 0.15) is 23.4 Å². The molecule has 0 bridgehead atoms. The van der Waals surface area contributed by atoms with Crippen LogP contribution in [0.5, 0.6) is 11.5 Å². The van der Waals surface area contributed by atoms with Crippen LogP contribution in [0.2, 0.25) is 0 Å². The normalized spacial score (nSPS) is 15.3. The predicted molar refractivity (Wildman–Crippen MR) is 106 cm³/mol. The second-order valence-corrected chi connectivity index (χ2v) is 7.18. The van der Waals surface area contributed by atoms with Gasteiger partial charge in [-0.15, -0.1) is 0 Å². The van der Waals surface area contributed by atoms with Gasteiger partial charge in [-0.25, -0.2) is 4.98 Å². The molecule has 1 fully saturated rings. The number of benzene rings is 2. The number of hydrogen-bond donors (Lipinski definition) is 1. The minimum atomic E-state index is 0.456. The van der Waals surface area contributed by atoms with Crippen LogP contribution in [0, 0.1) is 18.3 Å². The zero-order valence-corrected chi connectivity index (χ0v) is 15.9. The van der Waals surface area contributed by atoms with Crippen molar-refractivity contribution in [2.24, 2.45) is 0 Å². The molecule has 1 N–H and O–H groups in total. The fourth-order valence-corrected chi connectivity index (χ4v) is 3.59. The first kappa shape index (κ1) is 18.2. The van der Waals surface area contributed by atoms with Crippen LogP contribution in [0.25, 0.3) is 0 Å². The average Bonchev–Trinajstić information content (AvgIpc) is 3.17. The summed E-state index contributed by atoms with van der Waals surface area (Å²) in [6, 6.07) is 17.5. The number of aryl methyl sites for hydroxylation is 1. The van der Waals surface area contributed by atoms with Crippen molar-refractivity contribution >= 4 is 0 Å². The maximum Gasteiger partial charge on any atom is 0.153 e. The molecule has 1 aliphatic rings. The number of para-hydroxylation sites is 1. The second kappa shape index (κ2) is 8.24. The smallest absolute Gasteiger partial charge is 0.153 e. The molecule has 2 heterocycles. The van der Waals surface area contributed by atoms with Gasteiger partial charge in [0.05, 0.1) is 5.56 Å². The maximum atomic E-state index is 9.17. The van der Waals surface area contributed by atoms with E-state index in [1.54, 1.807) is 6.07 Å². The zero-order chi connectivity index (χ0) is 19.3. The number of hydrogen-bond acceptors (Lipinski definition) is 5. The van der Waals surface area contributed by atoms with Crippen molar-refractivity contribution in [3.05, 3.63) is 71.3 Å². The third-order valence-corrected chi connectivity index (χ3v) is 5.13. The van der Waals surface area contributed by atoms with Gasteiger partial charge in [-0.3, -0.25) is 10.00 Å². The molecule has 6 heteroatoms. The van der Waals surface area contributed by atoms with Crippen molar-refractivity contribution in [3.8, 4) is 17.6 Å². The van der Waals surface area contributed by atoms with Gasteiger partial charge in [0.25, 0.3) is 0 Å². The molecule has 0 spiro atoms. The molecule has 0 unspecified atom stereocenters. The van der Waals surface area contributed by atoms with E-state index in [0.29, 0.717) is 17.2 Å². The summed E-state index contributed by atoms with van der Waals surface area (Å²) in [7, 11) is 0. The Kier molecular flexibility index (Phi) is 5.36. The number of nitriles is 1. The summed E-state index contributed by atoms with van der Waals surface area (Å²) in [6.45, 7) is 4.96. The predicted octanol–water partition coefficient (Wildman–Crippen LogP) is 4.16. The van der Waals surface area contributed by atoms with E-state index in [2.05, 4.69) is 38.3 Å². The minimum Gasteiger partial charge on any atom is -0.456 e. The van der Waals surface area contributed by atoms with Crippen LogP contribution in [-0.4, -0.2) is 33.2 Å². The van der Waals surface area contributed by atoms with Crippen molar-refractivity contribution in [2.45, 2.75) is 32.2 Å². The number of likely N-dealkylation sites (tertiary alicyclic amines) is 1. The highest BCUT2D eigenvalue weighted by molar-refractivity contribution is 5.45. The Balaban J connectivity index is 1.32. The standard InChI is InChI=1S/C22H23N5O/c1-16-24-22(26-25-16)18-10-12-27(13-11-18)15-17-6-8-20(9-7-17)28-21-5-3-2-4-19(21)14-23/h2-9,18H,10-13,15H2,1H3,(H,24,25,26). The van der Waals surface area contributed by atoms with Crippen LogP contribution >= 0.6 is 0 Å². The number of nitrogens with one attached hydrogen (secondary N) is 1. The number of piperidine rings is 1. The van der Waals surface area contributed by atoms with E-state index >= 15 is 0 Å². The lowest BCUT2D eigenvalue weighted by atomic mass is 9.96. The summed E-state index contributed by atoms with van der Waals surface area (Å²) in [5, 5.41) is 16.4. The molecule has 0 atom stereocenters. The summed E-state index contributed by atoms with van der Waals surface area (Å²) >= 11 is 0. The van der Waals surface area contributed by atoms with Gasteiger partial charge in [0.15, 0.2) is 5.82 Å². The number of rotatable bonds is 5. The van der Waals surface area contributed by atoms with Crippen LogP contribution in [0.1, 0.15) is 41.5 Å². The summed E-state index contributed by atoms with van der Waals surface area (Å²) in [4.78, 5) is 6.95. The summed E-state index contributed by atoms with van der Waals surface area (Å²) in [5.74, 6) is 3.62. The summed E-state index contributed by atoms with van der Waals surface area (Å²) in [6.07, 6.45) is 2.17. The number of aromatic amines is 1. The first-order valence-electron chi connectivity index (χ1n) is 9.58. The Morgan fingerprint density at radius 3 is 2.57 bits per heavy atom. The second-order valence-electron chi connectivity index (χ2n) is 7.18. The molecule has 0 saturated carbocycles. The van der Waals surface area contributed by atoms with Crippen LogP contribution in [-0.2, 0) is 6.54 Å². The monoisotopic (exact) mass is 373 g/mol. The molecule has 0 amide bonds. The van der Waals surface area contributed by atoms with Crippen molar-refractivity contribution in [3.63, 3.8) is 0 Å². The Labute approximate surface area is 164 Å². The molecule has 4 rings (SSSR count). The van der Waals surface area contributed by atoms with Gasteiger partial charge in [-0.2, -0.15) is 10.4 Å². The van der Waals surface area contributed by atoms with Crippen molar-refractivity contribution in [1.82, 2.24) is 20.1 Å². The average molecular weight is 373 g/mol. The maximum absolute atomic E-state index is 9.17. The van der Waals surface area contributed by atoms with Crippen molar-refractivity contribution in [1.29, 1.82) is 5.26 Å². The highest BCUT2D eigenvalue weighted by atomic mass is 16.5. The third-order valence-electron chi connectivity index (χ3n) is 5.13. The Hall–Kier alpha value is -3.17. The van der Waals surface area contributed by atoms with Crippen LogP contribution in [0.4, 0.5) is 0 Å². The van der Waals surface area contributed by atoms with E-state index < -0.39 is 0 Å². The van der Waals surface area contributed by atoms with E-state index in [1.807, 2.05) is 37.3 Å².